The zero-order valence-corrected chi connectivity index (χ0v) is 9.29. The van der Waals surface area contributed by atoms with Crippen LogP contribution in [-0.2, 0) is 13.1 Å². The Labute approximate surface area is 94.6 Å². The maximum absolute atomic E-state index is 11.9. The third kappa shape index (κ3) is 1.38. The topological polar surface area (TPSA) is 44.4 Å². The molecule has 4 nitrogen and oxygen atoms in total. The van der Waals surface area contributed by atoms with Crippen LogP contribution >= 0.6 is 0 Å². The fourth-order valence-electron chi connectivity index (χ4n) is 2.44. The van der Waals surface area contributed by atoms with Crippen LogP contribution in [0.3, 0.4) is 0 Å². The Morgan fingerprint density at radius 2 is 2.06 bits per heavy atom. The number of hydrogen-bond acceptors (Lipinski definition) is 2. The second-order valence-electron chi connectivity index (χ2n) is 4.48. The molecule has 2 aliphatic rings. The van der Waals surface area contributed by atoms with E-state index in [1.165, 1.54) is 11.1 Å². The van der Waals surface area contributed by atoms with Crippen molar-refractivity contribution < 1.29 is 4.79 Å². The van der Waals surface area contributed by atoms with Crippen molar-refractivity contribution in [2.24, 2.45) is 0 Å². The van der Waals surface area contributed by atoms with Crippen molar-refractivity contribution in [1.82, 2.24) is 10.6 Å². The summed E-state index contributed by atoms with van der Waals surface area (Å²) in [6, 6.07) is 6.58. The van der Waals surface area contributed by atoms with Crippen molar-refractivity contribution in [2.75, 3.05) is 11.4 Å². The third-order valence-corrected chi connectivity index (χ3v) is 3.25. The highest BCUT2D eigenvalue weighted by Gasteiger charge is 2.29. The molecule has 3 rings (SSSR count). The van der Waals surface area contributed by atoms with Crippen LogP contribution in [0.5, 0.6) is 0 Å². The molecule has 1 aromatic carbocycles. The Morgan fingerprint density at radius 3 is 2.88 bits per heavy atom. The summed E-state index contributed by atoms with van der Waals surface area (Å²) in [4.78, 5) is 13.7. The molecule has 16 heavy (non-hydrogen) atoms. The van der Waals surface area contributed by atoms with Crippen LogP contribution in [0.25, 0.3) is 0 Å². The monoisotopic (exact) mass is 217 g/mol. The van der Waals surface area contributed by atoms with Crippen molar-refractivity contribution in [1.29, 1.82) is 0 Å². The number of rotatable bonds is 0. The highest BCUT2D eigenvalue weighted by Crippen LogP contribution is 2.30. The number of nitrogens with zero attached hydrogens (tertiary/aromatic N) is 1. The molecule has 1 atom stereocenters. The van der Waals surface area contributed by atoms with E-state index in [1.54, 1.807) is 0 Å². The Morgan fingerprint density at radius 1 is 1.31 bits per heavy atom. The van der Waals surface area contributed by atoms with Gasteiger partial charge in [0.1, 0.15) is 0 Å². The lowest BCUT2D eigenvalue weighted by atomic mass is 10.0. The molecule has 0 radical (unpaired) electrons. The minimum atomic E-state index is 0.0236. The molecule has 0 aliphatic carbocycles. The standard InChI is InChI=1S/C12H15N3O/c1-8-7-15-11-9(5-13-8)3-2-4-10(11)6-14-12(15)16/h2-4,8,13H,5-7H2,1H3,(H,14,16). The predicted molar refractivity (Wildman–Crippen MR) is 62.3 cm³/mol. The van der Waals surface area contributed by atoms with Gasteiger partial charge in [-0.2, -0.15) is 0 Å². The normalized spacial score (nSPS) is 23.4. The largest absolute Gasteiger partial charge is 0.334 e. The van der Waals surface area contributed by atoms with Crippen LogP contribution in [0.2, 0.25) is 0 Å². The summed E-state index contributed by atoms with van der Waals surface area (Å²) in [7, 11) is 0. The molecule has 4 heteroatoms. The second-order valence-corrected chi connectivity index (χ2v) is 4.48. The summed E-state index contributed by atoms with van der Waals surface area (Å²) in [5.41, 5.74) is 3.55. The van der Waals surface area contributed by atoms with Gasteiger partial charge >= 0.3 is 6.03 Å². The zero-order chi connectivity index (χ0) is 11.1. The van der Waals surface area contributed by atoms with Gasteiger partial charge in [0.2, 0.25) is 0 Å². The minimum Gasteiger partial charge on any atom is -0.334 e. The lowest BCUT2D eigenvalue weighted by Gasteiger charge is -2.31. The lowest BCUT2D eigenvalue weighted by Crippen LogP contribution is -2.47. The van der Waals surface area contributed by atoms with E-state index in [-0.39, 0.29) is 6.03 Å². The summed E-state index contributed by atoms with van der Waals surface area (Å²) >= 11 is 0. The Hall–Kier alpha value is -1.55. The molecule has 0 aromatic heterocycles. The highest BCUT2D eigenvalue weighted by atomic mass is 16.2. The first-order chi connectivity index (χ1) is 7.75. The Balaban J connectivity index is 2.15. The number of para-hydroxylation sites is 1. The fraction of sp³-hybridized carbons (Fsp3) is 0.417. The second kappa shape index (κ2) is 3.49. The molecule has 2 N–H and O–H groups in total. The number of benzene rings is 1. The van der Waals surface area contributed by atoms with Gasteiger partial charge in [0.25, 0.3) is 0 Å². The first-order valence-corrected chi connectivity index (χ1v) is 5.65. The summed E-state index contributed by atoms with van der Waals surface area (Å²) in [5, 5.41) is 6.33. The van der Waals surface area contributed by atoms with Crippen molar-refractivity contribution in [3.63, 3.8) is 0 Å². The molecular formula is C12H15N3O. The van der Waals surface area contributed by atoms with Crippen molar-refractivity contribution >= 4 is 11.7 Å². The van der Waals surface area contributed by atoms with Gasteiger partial charge in [-0.15, -0.1) is 0 Å². The van der Waals surface area contributed by atoms with Gasteiger partial charge in [-0.25, -0.2) is 4.79 Å². The average molecular weight is 217 g/mol. The van der Waals surface area contributed by atoms with E-state index >= 15 is 0 Å². The van der Waals surface area contributed by atoms with Gasteiger partial charge in [-0.3, -0.25) is 4.90 Å². The van der Waals surface area contributed by atoms with Crippen LogP contribution < -0.4 is 15.5 Å². The van der Waals surface area contributed by atoms with Crippen LogP contribution in [0.1, 0.15) is 18.1 Å². The fourth-order valence-corrected chi connectivity index (χ4v) is 2.44. The van der Waals surface area contributed by atoms with Crippen molar-refractivity contribution in [2.45, 2.75) is 26.1 Å². The van der Waals surface area contributed by atoms with Gasteiger partial charge in [-0.05, 0) is 18.1 Å². The average Bonchev–Trinajstić information content (AvgIpc) is 2.46. The SMILES string of the molecule is CC1CN2C(=O)NCc3cccc(c32)CN1. The number of amides is 2. The number of carbonyl (C=O) groups excluding carboxylic acids is 1. The molecular weight excluding hydrogens is 202 g/mol. The molecule has 0 fully saturated rings. The number of anilines is 1. The third-order valence-electron chi connectivity index (χ3n) is 3.25. The van der Waals surface area contributed by atoms with Gasteiger partial charge in [0.15, 0.2) is 0 Å². The molecule has 2 aliphatic heterocycles. The number of carbonyl (C=O) groups is 1. The van der Waals surface area contributed by atoms with E-state index in [2.05, 4.69) is 35.8 Å². The van der Waals surface area contributed by atoms with E-state index in [4.69, 9.17) is 0 Å². The molecule has 1 unspecified atom stereocenters. The van der Waals surface area contributed by atoms with Gasteiger partial charge in [0, 0.05) is 25.7 Å². The first kappa shape index (κ1) is 9.66. The number of urea groups is 1. The lowest BCUT2D eigenvalue weighted by molar-refractivity contribution is 0.244. The smallest absolute Gasteiger partial charge is 0.322 e. The maximum Gasteiger partial charge on any atom is 0.322 e. The van der Waals surface area contributed by atoms with Crippen molar-refractivity contribution in [3.05, 3.63) is 29.3 Å². The zero-order valence-electron chi connectivity index (χ0n) is 9.29. The molecule has 2 heterocycles. The molecule has 2 amide bonds. The highest BCUT2D eigenvalue weighted by molar-refractivity contribution is 5.96. The van der Waals surface area contributed by atoms with Crippen LogP contribution in [0, 0.1) is 0 Å². The van der Waals surface area contributed by atoms with Gasteiger partial charge in [-0.1, -0.05) is 18.2 Å². The summed E-state index contributed by atoms with van der Waals surface area (Å²) < 4.78 is 0. The van der Waals surface area contributed by atoms with E-state index < -0.39 is 0 Å². The summed E-state index contributed by atoms with van der Waals surface area (Å²) in [6.07, 6.45) is 0. The van der Waals surface area contributed by atoms with Crippen LogP contribution in [0.4, 0.5) is 10.5 Å². The molecule has 1 aromatic rings. The van der Waals surface area contributed by atoms with E-state index in [9.17, 15) is 4.79 Å². The Kier molecular flexibility index (Phi) is 2.11. The quantitative estimate of drug-likeness (QED) is 0.686. The predicted octanol–water partition coefficient (Wildman–Crippen LogP) is 1.21. The molecule has 0 spiro atoms. The number of hydrogen-bond donors (Lipinski definition) is 2. The summed E-state index contributed by atoms with van der Waals surface area (Å²) in [6.45, 7) is 4.32. The van der Waals surface area contributed by atoms with E-state index in [0.717, 1.165) is 18.8 Å². The first-order valence-electron chi connectivity index (χ1n) is 5.65. The molecule has 0 saturated heterocycles. The Bertz CT molecular complexity index is 444. The molecule has 84 valence electrons. The molecule has 0 saturated carbocycles. The summed E-state index contributed by atoms with van der Waals surface area (Å²) in [5.74, 6) is 0. The minimum absolute atomic E-state index is 0.0236. The van der Waals surface area contributed by atoms with Crippen LogP contribution in [0.15, 0.2) is 18.2 Å². The van der Waals surface area contributed by atoms with Crippen molar-refractivity contribution in [3.8, 4) is 0 Å². The van der Waals surface area contributed by atoms with E-state index in [0.29, 0.717) is 12.6 Å². The molecule has 0 bridgehead atoms. The van der Waals surface area contributed by atoms with Gasteiger partial charge < -0.3 is 10.6 Å². The number of nitrogens with one attached hydrogen (secondary N) is 2. The van der Waals surface area contributed by atoms with E-state index in [1.807, 2.05) is 4.90 Å². The van der Waals surface area contributed by atoms with Gasteiger partial charge in [0.05, 0.1) is 5.69 Å². The van der Waals surface area contributed by atoms with Crippen LogP contribution in [-0.4, -0.2) is 18.6 Å². The maximum atomic E-state index is 11.9.